The highest BCUT2D eigenvalue weighted by atomic mass is 32.2. The third-order valence-corrected chi connectivity index (χ3v) is 7.33. The predicted molar refractivity (Wildman–Crippen MR) is 125 cm³/mol. The van der Waals surface area contributed by atoms with Crippen LogP contribution in [0.15, 0.2) is 66.7 Å². The molecule has 0 aliphatic carbocycles. The Labute approximate surface area is 194 Å². The monoisotopic (exact) mass is 464 g/mol. The summed E-state index contributed by atoms with van der Waals surface area (Å²) < 4.78 is 24.2. The van der Waals surface area contributed by atoms with E-state index < -0.39 is 4.87 Å². The van der Waals surface area contributed by atoms with Crippen LogP contribution in [0.25, 0.3) is 0 Å². The Morgan fingerprint density at radius 1 is 0.970 bits per heavy atom. The van der Waals surface area contributed by atoms with Crippen LogP contribution in [0.4, 0.5) is 15.8 Å². The van der Waals surface area contributed by atoms with E-state index in [9.17, 15) is 14.0 Å². The molecule has 2 aliphatic rings. The summed E-state index contributed by atoms with van der Waals surface area (Å²) in [5.41, 5.74) is 2.83. The van der Waals surface area contributed by atoms with Crippen LogP contribution in [0.1, 0.15) is 11.1 Å². The molecule has 0 N–H and O–H groups in total. The number of hydrogen-bond acceptors (Lipinski definition) is 5. The van der Waals surface area contributed by atoms with Crippen molar-refractivity contribution in [2.75, 3.05) is 29.8 Å². The highest BCUT2D eigenvalue weighted by Crippen LogP contribution is 2.56. The number of ether oxygens (including phenoxy) is 2. The minimum Gasteiger partial charge on any atom is -0.493 e. The van der Waals surface area contributed by atoms with E-state index in [0.29, 0.717) is 17.2 Å². The lowest BCUT2D eigenvalue weighted by molar-refractivity contribution is -0.123. The fraction of sp³-hybridized carbons (Fsp3) is 0.200. The van der Waals surface area contributed by atoms with Crippen molar-refractivity contribution in [2.45, 2.75) is 11.4 Å². The Balaban J connectivity index is 1.62. The van der Waals surface area contributed by atoms with Gasteiger partial charge in [0.05, 0.1) is 32.2 Å². The Morgan fingerprint density at radius 2 is 1.70 bits per heavy atom. The number of methoxy groups -OCH3 is 2. The molecule has 0 radical (unpaired) electrons. The molecule has 1 fully saturated rings. The topological polar surface area (TPSA) is 59.1 Å². The van der Waals surface area contributed by atoms with Crippen LogP contribution in [-0.2, 0) is 21.0 Å². The van der Waals surface area contributed by atoms with Crippen molar-refractivity contribution in [3.05, 3.63) is 83.7 Å². The van der Waals surface area contributed by atoms with Crippen molar-refractivity contribution in [2.24, 2.45) is 0 Å². The van der Waals surface area contributed by atoms with Crippen molar-refractivity contribution >= 4 is 35.0 Å². The number of hydrogen-bond donors (Lipinski definition) is 0. The first-order valence-corrected chi connectivity index (χ1v) is 11.3. The maximum Gasteiger partial charge on any atom is 0.269 e. The van der Waals surface area contributed by atoms with Crippen LogP contribution in [-0.4, -0.2) is 31.8 Å². The number of amides is 2. The summed E-state index contributed by atoms with van der Waals surface area (Å²) in [6.45, 7) is 0.270. The highest BCUT2D eigenvalue weighted by Gasteiger charge is 2.61. The van der Waals surface area contributed by atoms with Gasteiger partial charge in [-0.3, -0.25) is 14.5 Å². The number of halogens is 1. The van der Waals surface area contributed by atoms with Gasteiger partial charge in [0, 0.05) is 17.3 Å². The van der Waals surface area contributed by atoms with Gasteiger partial charge >= 0.3 is 0 Å². The number of nitrogens with zero attached hydrogens (tertiary/aromatic N) is 2. The molecule has 0 aromatic heterocycles. The lowest BCUT2D eigenvalue weighted by atomic mass is 10.0. The van der Waals surface area contributed by atoms with Gasteiger partial charge in [-0.1, -0.05) is 30.3 Å². The SMILES string of the molecule is COc1ccc(N2C(=O)CSC23C(=O)N(Cc2ccc(F)cc2)c2ccccc23)cc1OC. The molecule has 0 bridgehead atoms. The van der Waals surface area contributed by atoms with Crippen LogP contribution < -0.4 is 19.3 Å². The second kappa shape index (κ2) is 8.12. The molecule has 1 unspecified atom stereocenters. The smallest absolute Gasteiger partial charge is 0.269 e. The predicted octanol–water partition coefficient (Wildman–Crippen LogP) is 4.32. The molecule has 2 aliphatic heterocycles. The summed E-state index contributed by atoms with van der Waals surface area (Å²) in [5, 5.41) is 0. The molecular weight excluding hydrogens is 443 g/mol. The number of para-hydroxylation sites is 1. The average Bonchev–Trinajstić information content (AvgIpc) is 3.31. The molecule has 1 spiro atoms. The standard InChI is InChI=1S/C25H21FN2O4S/c1-31-21-12-11-18(13-22(21)32-2)28-23(29)15-33-25(28)19-5-3-4-6-20(19)27(24(25)30)14-16-7-9-17(26)10-8-16/h3-13H,14-15H2,1-2H3. The summed E-state index contributed by atoms with van der Waals surface area (Å²) in [7, 11) is 3.07. The van der Waals surface area contributed by atoms with E-state index in [2.05, 4.69) is 0 Å². The number of fused-ring (bicyclic) bond motifs is 2. The van der Waals surface area contributed by atoms with E-state index in [0.717, 1.165) is 16.8 Å². The quantitative estimate of drug-likeness (QED) is 0.563. The van der Waals surface area contributed by atoms with Gasteiger partial charge in [0.1, 0.15) is 5.82 Å². The first-order chi connectivity index (χ1) is 16.0. The number of rotatable bonds is 5. The summed E-state index contributed by atoms with van der Waals surface area (Å²) in [6.07, 6.45) is 0. The Bertz CT molecular complexity index is 1250. The van der Waals surface area contributed by atoms with Crippen LogP contribution in [0.3, 0.4) is 0 Å². The Morgan fingerprint density at radius 3 is 2.42 bits per heavy atom. The molecular formula is C25H21FN2O4S. The third-order valence-electron chi connectivity index (χ3n) is 5.94. The lowest BCUT2D eigenvalue weighted by Crippen LogP contribution is -2.49. The first kappa shape index (κ1) is 21.3. The summed E-state index contributed by atoms with van der Waals surface area (Å²) in [6, 6.07) is 18.8. The van der Waals surface area contributed by atoms with Gasteiger partial charge in [0.2, 0.25) is 10.8 Å². The van der Waals surface area contributed by atoms with Crippen molar-refractivity contribution in [1.29, 1.82) is 0 Å². The number of carbonyl (C=O) groups is 2. The zero-order chi connectivity index (χ0) is 23.2. The molecule has 1 saturated heterocycles. The summed E-state index contributed by atoms with van der Waals surface area (Å²) in [4.78, 5) is 29.2. The van der Waals surface area contributed by atoms with Gasteiger partial charge in [-0.05, 0) is 35.9 Å². The zero-order valence-electron chi connectivity index (χ0n) is 18.1. The highest BCUT2D eigenvalue weighted by molar-refractivity contribution is 8.02. The molecule has 6 nitrogen and oxygen atoms in total. The van der Waals surface area contributed by atoms with Gasteiger partial charge in [-0.2, -0.15) is 0 Å². The molecule has 2 amide bonds. The van der Waals surface area contributed by atoms with Gasteiger partial charge in [0.15, 0.2) is 11.5 Å². The summed E-state index contributed by atoms with van der Waals surface area (Å²) in [5.74, 6) is 0.457. The molecule has 168 valence electrons. The number of carbonyl (C=O) groups excluding carboxylic acids is 2. The van der Waals surface area contributed by atoms with Crippen LogP contribution in [0.2, 0.25) is 0 Å². The number of anilines is 2. The van der Waals surface area contributed by atoms with E-state index in [1.807, 2.05) is 24.3 Å². The Hall–Kier alpha value is -3.52. The molecule has 8 heteroatoms. The van der Waals surface area contributed by atoms with Crippen molar-refractivity contribution in [1.82, 2.24) is 0 Å². The van der Waals surface area contributed by atoms with E-state index in [4.69, 9.17) is 9.47 Å². The van der Waals surface area contributed by atoms with E-state index in [1.54, 1.807) is 47.2 Å². The second-order valence-electron chi connectivity index (χ2n) is 7.74. The molecule has 33 heavy (non-hydrogen) atoms. The maximum atomic E-state index is 14.0. The van der Waals surface area contributed by atoms with E-state index >= 15 is 0 Å². The zero-order valence-corrected chi connectivity index (χ0v) is 18.9. The fourth-order valence-corrected chi connectivity index (χ4v) is 5.81. The first-order valence-electron chi connectivity index (χ1n) is 10.3. The number of thioether (sulfide) groups is 1. The van der Waals surface area contributed by atoms with Crippen LogP contribution in [0, 0.1) is 5.82 Å². The Kier molecular flexibility index (Phi) is 5.25. The minimum atomic E-state index is -1.23. The van der Waals surface area contributed by atoms with E-state index in [1.165, 1.54) is 31.0 Å². The molecule has 5 rings (SSSR count). The van der Waals surface area contributed by atoms with Gasteiger partial charge in [-0.25, -0.2) is 4.39 Å². The van der Waals surface area contributed by atoms with Gasteiger partial charge in [0.25, 0.3) is 5.91 Å². The minimum absolute atomic E-state index is 0.165. The van der Waals surface area contributed by atoms with Gasteiger partial charge in [-0.15, -0.1) is 11.8 Å². The van der Waals surface area contributed by atoms with Gasteiger partial charge < -0.3 is 14.4 Å². The largest absolute Gasteiger partial charge is 0.493 e. The van der Waals surface area contributed by atoms with Crippen LogP contribution >= 0.6 is 11.8 Å². The fourth-order valence-electron chi connectivity index (χ4n) is 4.45. The molecule has 3 aromatic rings. The molecule has 3 aromatic carbocycles. The van der Waals surface area contributed by atoms with Crippen LogP contribution in [0.5, 0.6) is 11.5 Å². The molecule has 1 atom stereocenters. The molecule has 2 heterocycles. The summed E-state index contributed by atoms with van der Waals surface area (Å²) >= 11 is 1.31. The normalized spacial score (nSPS) is 19.4. The van der Waals surface area contributed by atoms with Crippen molar-refractivity contribution in [3.8, 4) is 11.5 Å². The van der Waals surface area contributed by atoms with E-state index in [-0.39, 0.29) is 29.9 Å². The third kappa shape index (κ3) is 3.24. The maximum absolute atomic E-state index is 14.0. The molecule has 0 saturated carbocycles. The van der Waals surface area contributed by atoms with Crippen molar-refractivity contribution in [3.63, 3.8) is 0 Å². The average molecular weight is 465 g/mol. The van der Waals surface area contributed by atoms with Crippen molar-refractivity contribution < 1.29 is 23.5 Å². The lowest BCUT2D eigenvalue weighted by Gasteiger charge is -2.33. The second-order valence-corrected chi connectivity index (χ2v) is 8.90. The number of benzene rings is 3.